The zero-order valence-corrected chi connectivity index (χ0v) is 16.4. The summed E-state index contributed by atoms with van der Waals surface area (Å²) in [6, 6.07) is 21.3. The van der Waals surface area contributed by atoms with Crippen LogP contribution in [0.1, 0.15) is 38.8 Å². The van der Waals surface area contributed by atoms with Crippen molar-refractivity contribution in [3.8, 4) is 11.5 Å². The lowest BCUT2D eigenvalue weighted by Crippen LogP contribution is -2.10. The molecule has 0 fully saturated rings. The van der Waals surface area contributed by atoms with Gasteiger partial charge in [0.15, 0.2) is 5.78 Å². The molecule has 4 nitrogen and oxygen atoms in total. The number of ether oxygens (including phenoxy) is 2. The van der Waals surface area contributed by atoms with Gasteiger partial charge in [0.25, 0.3) is 0 Å². The van der Waals surface area contributed by atoms with Gasteiger partial charge in [0.2, 0.25) is 0 Å². The Balaban J connectivity index is 1.68. The predicted octanol–water partition coefficient (Wildman–Crippen LogP) is 5.51. The first-order valence-electron chi connectivity index (χ1n) is 9.40. The quantitative estimate of drug-likeness (QED) is 0.233. The fourth-order valence-corrected chi connectivity index (χ4v) is 2.82. The average Bonchev–Trinajstić information content (AvgIpc) is 2.74. The molecule has 0 N–H and O–H groups in total. The molecule has 0 spiro atoms. The van der Waals surface area contributed by atoms with E-state index in [9.17, 15) is 9.59 Å². The van der Waals surface area contributed by atoms with Crippen molar-refractivity contribution < 1.29 is 19.1 Å². The zero-order chi connectivity index (χ0) is 20.6. The number of para-hydroxylation sites is 1. The molecule has 0 radical (unpaired) electrons. The van der Waals surface area contributed by atoms with Crippen LogP contribution < -0.4 is 9.47 Å². The van der Waals surface area contributed by atoms with Gasteiger partial charge in [-0.05, 0) is 68.0 Å². The van der Waals surface area contributed by atoms with Crippen LogP contribution in [0.15, 0.2) is 78.9 Å². The molecule has 0 aliphatic heterocycles. The van der Waals surface area contributed by atoms with E-state index in [1.165, 1.54) is 6.08 Å². The summed E-state index contributed by atoms with van der Waals surface area (Å²) < 4.78 is 11.0. The molecular weight excluding hydrogens is 364 g/mol. The summed E-state index contributed by atoms with van der Waals surface area (Å²) in [5.74, 6) is 0.556. The van der Waals surface area contributed by atoms with Gasteiger partial charge in [-0.2, -0.15) is 0 Å². The SMILES string of the molecule is CCOc1ccccc1/C=C/C(=O)c1ccc(OC(=O)c2ccccc2C)cc1. The summed E-state index contributed by atoms with van der Waals surface area (Å²) in [4.78, 5) is 24.7. The Labute approximate surface area is 170 Å². The summed E-state index contributed by atoms with van der Waals surface area (Å²) >= 11 is 0. The summed E-state index contributed by atoms with van der Waals surface area (Å²) in [6.45, 7) is 4.33. The highest BCUT2D eigenvalue weighted by molar-refractivity contribution is 6.07. The number of hydrogen-bond acceptors (Lipinski definition) is 4. The van der Waals surface area contributed by atoms with E-state index in [0.29, 0.717) is 23.5 Å². The Kier molecular flexibility index (Phi) is 6.59. The van der Waals surface area contributed by atoms with Gasteiger partial charge < -0.3 is 9.47 Å². The standard InChI is InChI=1S/C25H22O4/c1-3-28-24-11-7-5-9-20(24)14-17-23(26)19-12-15-21(16-13-19)29-25(27)22-10-6-4-8-18(22)2/h4-17H,3H2,1-2H3/b17-14+. The monoisotopic (exact) mass is 386 g/mol. The Morgan fingerprint density at radius 3 is 2.31 bits per heavy atom. The fourth-order valence-electron chi connectivity index (χ4n) is 2.82. The van der Waals surface area contributed by atoms with E-state index in [1.807, 2.05) is 50.2 Å². The molecule has 0 saturated heterocycles. The van der Waals surface area contributed by atoms with Crippen LogP contribution in [0.4, 0.5) is 0 Å². The topological polar surface area (TPSA) is 52.6 Å². The van der Waals surface area contributed by atoms with Crippen LogP contribution in [0.3, 0.4) is 0 Å². The summed E-state index contributed by atoms with van der Waals surface area (Å²) in [5.41, 5.74) is 2.71. The molecule has 3 rings (SSSR count). The summed E-state index contributed by atoms with van der Waals surface area (Å²) in [6.07, 6.45) is 3.24. The molecule has 0 unspecified atom stereocenters. The third kappa shape index (κ3) is 5.20. The van der Waals surface area contributed by atoms with Crippen molar-refractivity contribution in [1.29, 1.82) is 0 Å². The van der Waals surface area contributed by atoms with E-state index >= 15 is 0 Å². The van der Waals surface area contributed by atoms with Crippen molar-refractivity contribution >= 4 is 17.8 Å². The Morgan fingerprint density at radius 1 is 0.897 bits per heavy atom. The number of hydrogen-bond donors (Lipinski definition) is 0. The van der Waals surface area contributed by atoms with Gasteiger partial charge in [-0.1, -0.05) is 36.4 Å². The van der Waals surface area contributed by atoms with Crippen LogP contribution in [0.2, 0.25) is 0 Å². The largest absolute Gasteiger partial charge is 0.493 e. The second-order valence-electron chi connectivity index (χ2n) is 6.40. The average molecular weight is 386 g/mol. The van der Waals surface area contributed by atoms with Gasteiger partial charge in [0.1, 0.15) is 11.5 Å². The number of ketones is 1. The van der Waals surface area contributed by atoms with Gasteiger partial charge in [-0.25, -0.2) is 4.79 Å². The minimum Gasteiger partial charge on any atom is -0.493 e. The predicted molar refractivity (Wildman–Crippen MR) is 114 cm³/mol. The zero-order valence-electron chi connectivity index (χ0n) is 16.4. The van der Waals surface area contributed by atoms with Crippen LogP contribution in [0.25, 0.3) is 6.08 Å². The van der Waals surface area contributed by atoms with Crippen molar-refractivity contribution in [2.75, 3.05) is 6.61 Å². The second-order valence-corrected chi connectivity index (χ2v) is 6.40. The maximum absolute atomic E-state index is 12.5. The Bertz CT molecular complexity index is 1030. The van der Waals surface area contributed by atoms with E-state index in [2.05, 4.69) is 0 Å². The van der Waals surface area contributed by atoms with Gasteiger partial charge in [-0.15, -0.1) is 0 Å². The maximum atomic E-state index is 12.5. The molecule has 29 heavy (non-hydrogen) atoms. The number of allylic oxidation sites excluding steroid dienone is 1. The minimum absolute atomic E-state index is 0.145. The third-order valence-corrected chi connectivity index (χ3v) is 4.35. The van der Waals surface area contributed by atoms with E-state index in [-0.39, 0.29) is 5.78 Å². The van der Waals surface area contributed by atoms with Gasteiger partial charge in [0.05, 0.1) is 12.2 Å². The fraction of sp³-hybridized carbons (Fsp3) is 0.120. The van der Waals surface area contributed by atoms with E-state index < -0.39 is 5.97 Å². The molecule has 0 amide bonds. The summed E-state index contributed by atoms with van der Waals surface area (Å²) in [5, 5.41) is 0. The van der Waals surface area contributed by atoms with Crippen molar-refractivity contribution in [2.45, 2.75) is 13.8 Å². The lowest BCUT2D eigenvalue weighted by molar-refractivity contribution is 0.0734. The molecule has 0 saturated carbocycles. The van der Waals surface area contributed by atoms with Gasteiger partial charge in [-0.3, -0.25) is 4.79 Å². The van der Waals surface area contributed by atoms with Crippen LogP contribution in [-0.2, 0) is 0 Å². The smallest absolute Gasteiger partial charge is 0.343 e. The highest BCUT2D eigenvalue weighted by Crippen LogP contribution is 2.20. The number of aryl methyl sites for hydroxylation is 1. The Hall–Kier alpha value is -3.66. The normalized spacial score (nSPS) is 10.7. The highest BCUT2D eigenvalue weighted by atomic mass is 16.5. The number of benzene rings is 3. The van der Waals surface area contributed by atoms with Gasteiger partial charge in [0, 0.05) is 11.1 Å². The first-order valence-corrected chi connectivity index (χ1v) is 9.40. The lowest BCUT2D eigenvalue weighted by Gasteiger charge is -2.07. The molecule has 146 valence electrons. The van der Waals surface area contributed by atoms with Crippen molar-refractivity contribution in [1.82, 2.24) is 0 Å². The molecule has 0 bridgehead atoms. The number of carbonyl (C=O) groups is 2. The van der Waals surface area contributed by atoms with Crippen molar-refractivity contribution in [3.05, 3.63) is 101 Å². The molecule has 0 aliphatic carbocycles. The van der Waals surface area contributed by atoms with Crippen LogP contribution in [0.5, 0.6) is 11.5 Å². The second kappa shape index (κ2) is 9.51. The Morgan fingerprint density at radius 2 is 1.59 bits per heavy atom. The first kappa shape index (κ1) is 20.1. The van der Waals surface area contributed by atoms with Gasteiger partial charge >= 0.3 is 5.97 Å². The minimum atomic E-state index is -0.422. The first-order chi connectivity index (χ1) is 14.1. The number of carbonyl (C=O) groups excluding carboxylic acids is 2. The molecule has 0 heterocycles. The van der Waals surface area contributed by atoms with E-state index in [4.69, 9.17) is 9.47 Å². The van der Waals surface area contributed by atoms with Crippen molar-refractivity contribution in [2.24, 2.45) is 0 Å². The van der Waals surface area contributed by atoms with Crippen molar-refractivity contribution in [3.63, 3.8) is 0 Å². The molecule has 3 aromatic carbocycles. The third-order valence-electron chi connectivity index (χ3n) is 4.35. The lowest BCUT2D eigenvalue weighted by atomic mass is 10.1. The van der Waals surface area contributed by atoms with E-state index in [1.54, 1.807) is 42.5 Å². The maximum Gasteiger partial charge on any atom is 0.343 e. The summed E-state index contributed by atoms with van der Waals surface area (Å²) in [7, 11) is 0. The molecule has 4 heteroatoms. The van der Waals surface area contributed by atoms with Crippen LogP contribution >= 0.6 is 0 Å². The van der Waals surface area contributed by atoms with E-state index in [0.717, 1.165) is 16.9 Å². The van der Waals surface area contributed by atoms with Crippen LogP contribution in [0, 0.1) is 6.92 Å². The number of rotatable bonds is 7. The molecule has 0 aliphatic rings. The number of esters is 1. The van der Waals surface area contributed by atoms with Crippen LogP contribution in [-0.4, -0.2) is 18.4 Å². The molecular formula is C25H22O4. The molecule has 0 atom stereocenters. The molecule has 0 aromatic heterocycles. The highest BCUT2D eigenvalue weighted by Gasteiger charge is 2.11. The molecule has 3 aromatic rings.